The van der Waals surface area contributed by atoms with E-state index in [0.29, 0.717) is 19.1 Å². The summed E-state index contributed by atoms with van der Waals surface area (Å²) in [4.78, 5) is 14.5. The number of benzene rings is 2. The number of likely N-dealkylation sites (N-methyl/N-ethyl adjacent to an activating group) is 1. The van der Waals surface area contributed by atoms with Crippen molar-refractivity contribution in [3.8, 4) is 5.75 Å². The second-order valence-corrected chi connectivity index (χ2v) is 8.15. The second-order valence-electron chi connectivity index (χ2n) is 8.15. The molecule has 164 valence electrons. The Bertz CT molecular complexity index is 1050. The third-order valence-corrected chi connectivity index (χ3v) is 5.99. The van der Waals surface area contributed by atoms with Crippen LogP contribution in [0, 0.1) is 5.82 Å². The minimum absolute atomic E-state index is 0.0865. The number of hydrogen-bond acceptors (Lipinski definition) is 4. The maximum absolute atomic E-state index is 13.4. The number of carbonyl (C=O) groups is 1. The third kappa shape index (κ3) is 5.06. The normalized spacial score (nSPS) is 18.4. The summed E-state index contributed by atoms with van der Waals surface area (Å²) in [5.41, 5.74) is 8.54. The molecule has 2 atom stereocenters. The molecule has 1 aliphatic heterocycles. The summed E-state index contributed by atoms with van der Waals surface area (Å²) in [6.45, 7) is 1.02. The van der Waals surface area contributed by atoms with E-state index >= 15 is 0 Å². The number of amides is 1. The Labute approximate surface area is 182 Å². The highest BCUT2D eigenvalue weighted by Gasteiger charge is 2.25. The van der Waals surface area contributed by atoms with E-state index < -0.39 is 0 Å². The number of aromatic nitrogens is 1. The summed E-state index contributed by atoms with van der Waals surface area (Å²) >= 11 is 0. The maximum Gasteiger partial charge on any atom is 0.242 e. The molecule has 31 heavy (non-hydrogen) atoms. The number of ether oxygens (including phenoxy) is 1. The zero-order valence-electron chi connectivity index (χ0n) is 18.0. The Hall–Kier alpha value is -2.90. The molecule has 1 aromatic heterocycles. The van der Waals surface area contributed by atoms with Gasteiger partial charge in [-0.15, -0.1) is 0 Å². The Morgan fingerprint density at radius 3 is 2.90 bits per heavy atom. The van der Waals surface area contributed by atoms with Gasteiger partial charge < -0.3 is 14.2 Å². The number of hydrazine groups is 1. The van der Waals surface area contributed by atoms with Crippen molar-refractivity contribution in [2.75, 3.05) is 20.7 Å². The topological polar surface area (TPSA) is 58.5 Å². The van der Waals surface area contributed by atoms with Crippen molar-refractivity contribution in [3.63, 3.8) is 0 Å². The summed E-state index contributed by atoms with van der Waals surface area (Å²) in [7, 11) is 3.50. The van der Waals surface area contributed by atoms with Crippen molar-refractivity contribution in [1.29, 1.82) is 0 Å². The summed E-state index contributed by atoms with van der Waals surface area (Å²) < 4.78 is 20.7. The van der Waals surface area contributed by atoms with Crippen molar-refractivity contribution in [1.82, 2.24) is 20.3 Å². The monoisotopic (exact) mass is 424 g/mol. The van der Waals surface area contributed by atoms with Crippen LogP contribution in [0.25, 0.3) is 10.9 Å². The fraction of sp³-hybridized carbons (Fsp3) is 0.375. The first-order valence-electron chi connectivity index (χ1n) is 10.7. The zero-order chi connectivity index (χ0) is 21.8. The molecule has 6 nitrogen and oxygen atoms in total. The Morgan fingerprint density at radius 2 is 2.10 bits per heavy atom. The van der Waals surface area contributed by atoms with Crippen molar-refractivity contribution in [2.24, 2.45) is 0 Å². The lowest BCUT2D eigenvalue weighted by Gasteiger charge is -2.19. The van der Waals surface area contributed by atoms with Gasteiger partial charge in [0.05, 0.1) is 7.11 Å². The third-order valence-electron chi connectivity index (χ3n) is 5.99. The first-order valence-corrected chi connectivity index (χ1v) is 10.7. The summed E-state index contributed by atoms with van der Waals surface area (Å²) in [5, 5.41) is 1.06. The fourth-order valence-electron chi connectivity index (χ4n) is 4.16. The van der Waals surface area contributed by atoms with E-state index in [4.69, 9.17) is 4.74 Å². The highest BCUT2D eigenvalue weighted by atomic mass is 19.1. The first-order chi connectivity index (χ1) is 15.0. The zero-order valence-corrected chi connectivity index (χ0v) is 18.0. The van der Waals surface area contributed by atoms with E-state index in [1.165, 1.54) is 6.07 Å². The number of halogens is 1. The van der Waals surface area contributed by atoms with Crippen LogP contribution in [-0.4, -0.2) is 42.1 Å². The number of fused-ring (bicyclic) bond motifs is 1. The van der Waals surface area contributed by atoms with Gasteiger partial charge in [0, 0.05) is 42.8 Å². The molecule has 2 N–H and O–H groups in total. The van der Waals surface area contributed by atoms with Gasteiger partial charge in [-0.25, -0.2) is 4.39 Å². The van der Waals surface area contributed by atoms with Gasteiger partial charge in [0.15, 0.2) is 0 Å². The van der Waals surface area contributed by atoms with E-state index in [9.17, 15) is 9.18 Å². The van der Waals surface area contributed by atoms with Crippen LogP contribution in [0.3, 0.4) is 0 Å². The van der Waals surface area contributed by atoms with Gasteiger partial charge in [0.2, 0.25) is 5.91 Å². The van der Waals surface area contributed by atoms with Crippen molar-refractivity contribution < 1.29 is 13.9 Å². The number of nitrogens with one attached hydrogen (secondary N) is 2. The molecule has 1 aliphatic rings. The number of methoxy groups -OCH3 is 1. The standard InChI is InChI=1S/C24H29FN4O2/c1-28(24(30)16-29-12-10-18-14-21(31-2)8-9-23(18)29)11-4-7-20-15-22(27-26-20)17-5-3-6-19(25)13-17/h3,5-6,8-10,12-14,20,22,26-27H,4,7,11,15-16H2,1-2H3. The SMILES string of the molecule is COc1ccc2c(ccn2CC(=O)N(C)CCCC2CC(c3cccc(F)c3)NN2)c1. The summed E-state index contributed by atoms with van der Waals surface area (Å²) in [6, 6.07) is 15.0. The van der Waals surface area contributed by atoms with Crippen molar-refractivity contribution >= 4 is 16.8 Å². The predicted molar refractivity (Wildman–Crippen MR) is 119 cm³/mol. The molecule has 4 rings (SSSR count). The molecule has 1 amide bonds. The predicted octanol–water partition coefficient (Wildman–Crippen LogP) is 3.64. The maximum atomic E-state index is 13.4. The van der Waals surface area contributed by atoms with E-state index in [1.807, 2.05) is 48.1 Å². The minimum atomic E-state index is -0.211. The summed E-state index contributed by atoms with van der Waals surface area (Å²) in [6.07, 6.45) is 4.69. The molecule has 0 bridgehead atoms. The van der Waals surface area contributed by atoms with E-state index in [1.54, 1.807) is 24.1 Å². The molecule has 0 radical (unpaired) electrons. The van der Waals surface area contributed by atoms with Gasteiger partial charge in [-0.1, -0.05) is 12.1 Å². The van der Waals surface area contributed by atoms with E-state index in [-0.39, 0.29) is 17.8 Å². The second kappa shape index (κ2) is 9.49. The van der Waals surface area contributed by atoms with Gasteiger partial charge in [0.1, 0.15) is 18.1 Å². The highest BCUT2D eigenvalue weighted by Crippen LogP contribution is 2.25. The molecule has 2 heterocycles. The Morgan fingerprint density at radius 1 is 1.23 bits per heavy atom. The van der Waals surface area contributed by atoms with E-state index in [2.05, 4.69) is 10.9 Å². The smallest absolute Gasteiger partial charge is 0.242 e. The van der Waals surface area contributed by atoms with Crippen molar-refractivity contribution in [3.05, 3.63) is 66.1 Å². The molecule has 0 aliphatic carbocycles. The molecule has 0 saturated carbocycles. The van der Waals surface area contributed by atoms with Gasteiger partial charge in [-0.3, -0.25) is 15.6 Å². The lowest BCUT2D eigenvalue weighted by atomic mass is 9.99. The lowest BCUT2D eigenvalue weighted by Crippen LogP contribution is -2.33. The van der Waals surface area contributed by atoms with E-state index in [0.717, 1.165) is 41.5 Å². The first kappa shape index (κ1) is 21.3. The Balaban J connectivity index is 1.24. The van der Waals surface area contributed by atoms with Crippen LogP contribution in [0.4, 0.5) is 4.39 Å². The molecule has 1 fully saturated rings. The van der Waals surface area contributed by atoms with Crippen molar-refractivity contribution in [2.45, 2.75) is 37.9 Å². The highest BCUT2D eigenvalue weighted by molar-refractivity contribution is 5.84. The number of carbonyl (C=O) groups excluding carboxylic acids is 1. The molecule has 2 unspecified atom stereocenters. The van der Waals surface area contributed by atoms with Crippen LogP contribution in [0.2, 0.25) is 0 Å². The van der Waals surface area contributed by atoms with Crippen LogP contribution in [-0.2, 0) is 11.3 Å². The largest absolute Gasteiger partial charge is 0.497 e. The van der Waals surface area contributed by atoms with Crippen LogP contribution in [0.5, 0.6) is 5.75 Å². The van der Waals surface area contributed by atoms with Crippen LogP contribution >= 0.6 is 0 Å². The van der Waals surface area contributed by atoms with Gasteiger partial charge in [-0.05, 0) is 61.2 Å². The summed E-state index contributed by atoms with van der Waals surface area (Å²) in [5.74, 6) is 0.685. The number of rotatable bonds is 8. The molecule has 1 saturated heterocycles. The minimum Gasteiger partial charge on any atom is -0.497 e. The molecule has 0 spiro atoms. The van der Waals surface area contributed by atoms with Crippen LogP contribution < -0.4 is 15.6 Å². The molecular formula is C24H29FN4O2. The Kier molecular flexibility index (Phi) is 6.53. The number of nitrogens with zero attached hydrogens (tertiary/aromatic N) is 2. The average Bonchev–Trinajstić information content (AvgIpc) is 3.40. The van der Waals surface area contributed by atoms with Crippen LogP contribution in [0.1, 0.15) is 30.9 Å². The molecular weight excluding hydrogens is 395 g/mol. The number of hydrogen-bond donors (Lipinski definition) is 2. The van der Waals surface area contributed by atoms with Gasteiger partial charge in [-0.2, -0.15) is 0 Å². The molecule has 7 heteroatoms. The van der Waals surface area contributed by atoms with Crippen LogP contribution in [0.15, 0.2) is 54.7 Å². The average molecular weight is 425 g/mol. The molecule has 2 aromatic carbocycles. The quantitative estimate of drug-likeness (QED) is 0.580. The van der Waals surface area contributed by atoms with Gasteiger partial charge >= 0.3 is 0 Å². The lowest BCUT2D eigenvalue weighted by molar-refractivity contribution is -0.130. The molecule has 3 aromatic rings. The van der Waals surface area contributed by atoms with Gasteiger partial charge in [0.25, 0.3) is 0 Å². The fourth-order valence-corrected chi connectivity index (χ4v) is 4.16.